The quantitative estimate of drug-likeness (QED) is 0.911. The van der Waals surface area contributed by atoms with Gasteiger partial charge in [-0.2, -0.15) is 0 Å². The molecule has 5 nitrogen and oxygen atoms in total. The fraction of sp³-hybridized carbons (Fsp3) is 0.500. The molecule has 2 aromatic rings. The summed E-state index contributed by atoms with van der Waals surface area (Å²) in [5.74, 6) is 0.0572. The Hall–Kier alpha value is -1.85. The molecule has 0 saturated carbocycles. The van der Waals surface area contributed by atoms with Gasteiger partial charge in [-0.3, -0.25) is 9.69 Å². The number of aliphatic hydroxyl groups is 1. The van der Waals surface area contributed by atoms with Crippen LogP contribution in [0.2, 0.25) is 0 Å². The van der Waals surface area contributed by atoms with E-state index in [1.807, 2.05) is 36.9 Å². The maximum Gasteiger partial charge on any atom is 0.270 e. The third kappa shape index (κ3) is 3.74. The Labute approximate surface area is 136 Å². The Morgan fingerprint density at radius 1 is 1.22 bits per heavy atom. The van der Waals surface area contributed by atoms with E-state index in [9.17, 15) is 9.90 Å². The number of hydrogen-bond donors (Lipinski definition) is 2. The lowest BCUT2D eigenvalue weighted by atomic mass is 10.1. The number of β-amino-alcohol motifs (C(OH)–C–C–N with tert-alkyl or cyclic N) is 1. The van der Waals surface area contributed by atoms with Crippen molar-refractivity contribution in [1.29, 1.82) is 0 Å². The number of rotatable bonds is 3. The molecule has 0 unspecified atom stereocenters. The number of fused-ring (bicyclic) bond motifs is 1. The highest BCUT2D eigenvalue weighted by Gasteiger charge is 2.26. The first kappa shape index (κ1) is 16.0. The van der Waals surface area contributed by atoms with Crippen molar-refractivity contribution < 1.29 is 9.90 Å². The van der Waals surface area contributed by atoms with E-state index in [1.165, 1.54) is 5.56 Å². The van der Waals surface area contributed by atoms with Gasteiger partial charge in [-0.25, -0.2) is 0 Å². The van der Waals surface area contributed by atoms with E-state index < -0.39 is 5.60 Å². The molecule has 1 aromatic heterocycles. The maximum absolute atomic E-state index is 12.7. The molecule has 1 amide bonds. The largest absolute Gasteiger partial charge is 0.389 e. The molecule has 5 heteroatoms. The number of nitrogens with zero attached hydrogens (tertiary/aromatic N) is 2. The van der Waals surface area contributed by atoms with Crippen LogP contribution in [-0.4, -0.2) is 64.1 Å². The van der Waals surface area contributed by atoms with E-state index in [2.05, 4.69) is 22.9 Å². The summed E-state index contributed by atoms with van der Waals surface area (Å²) in [5.41, 5.74) is 2.15. The van der Waals surface area contributed by atoms with Crippen LogP contribution < -0.4 is 0 Å². The fourth-order valence-corrected chi connectivity index (χ4v) is 3.19. The van der Waals surface area contributed by atoms with Crippen LogP contribution in [-0.2, 0) is 0 Å². The second-order valence-electron chi connectivity index (χ2n) is 7.15. The summed E-state index contributed by atoms with van der Waals surface area (Å²) < 4.78 is 0. The van der Waals surface area contributed by atoms with Crippen LogP contribution in [0.1, 0.15) is 29.9 Å². The minimum atomic E-state index is -0.693. The lowest BCUT2D eigenvalue weighted by Gasteiger charge is -2.37. The number of carbonyl (C=O) groups is 1. The minimum absolute atomic E-state index is 0.0572. The molecule has 0 spiro atoms. The van der Waals surface area contributed by atoms with Gasteiger partial charge < -0.3 is 15.0 Å². The van der Waals surface area contributed by atoms with Crippen LogP contribution in [0.5, 0.6) is 0 Å². The van der Waals surface area contributed by atoms with Crippen molar-refractivity contribution in [1.82, 2.24) is 14.8 Å². The summed E-state index contributed by atoms with van der Waals surface area (Å²) in [6.07, 6.45) is 0. The Bertz CT molecular complexity index is 707. The van der Waals surface area contributed by atoms with Crippen LogP contribution in [0.4, 0.5) is 0 Å². The van der Waals surface area contributed by atoms with Gasteiger partial charge in [-0.15, -0.1) is 0 Å². The van der Waals surface area contributed by atoms with E-state index in [4.69, 9.17) is 0 Å². The molecule has 2 N–H and O–H groups in total. The molecule has 23 heavy (non-hydrogen) atoms. The topological polar surface area (TPSA) is 59.6 Å². The maximum atomic E-state index is 12.7. The highest BCUT2D eigenvalue weighted by molar-refractivity contribution is 5.98. The average Bonchev–Trinajstić information content (AvgIpc) is 2.88. The van der Waals surface area contributed by atoms with Gasteiger partial charge in [0.2, 0.25) is 0 Å². The third-order valence-corrected chi connectivity index (χ3v) is 4.28. The molecule has 1 aliphatic heterocycles. The lowest BCUT2D eigenvalue weighted by Crippen LogP contribution is -2.52. The second-order valence-corrected chi connectivity index (χ2v) is 7.15. The number of piperazine rings is 1. The number of hydrogen-bond acceptors (Lipinski definition) is 3. The predicted molar refractivity (Wildman–Crippen MR) is 91.7 cm³/mol. The molecule has 0 bridgehead atoms. The van der Waals surface area contributed by atoms with Crippen molar-refractivity contribution in [2.24, 2.45) is 0 Å². The van der Waals surface area contributed by atoms with E-state index in [-0.39, 0.29) is 5.91 Å². The first-order chi connectivity index (χ1) is 10.8. The van der Waals surface area contributed by atoms with Crippen LogP contribution in [0.15, 0.2) is 24.3 Å². The highest BCUT2D eigenvalue weighted by Crippen LogP contribution is 2.19. The van der Waals surface area contributed by atoms with Crippen molar-refractivity contribution in [3.8, 4) is 0 Å². The fourth-order valence-electron chi connectivity index (χ4n) is 3.19. The second kappa shape index (κ2) is 5.98. The molecule has 0 aliphatic carbocycles. The Morgan fingerprint density at radius 2 is 1.91 bits per heavy atom. The normalized spacial score (nSPS) is 17.0. The zero-order valence-corrected chi connectivity index (χ0v) is 14.1. The number of aromatic amines is 1. The first-order valence-corrected chi connectivity index (χ1v) is 8.15. The van der Waals surface area contributed by atoms with Crippen molar-refractivity contribution in [2.45, 2.75) is 26.4 Å². The molecular weight excluding hydrogens is 290 g/mol. The van der Waals surface area contributed by atoms with Crippen LogP contribution >= 0.6 is 0 Å². The number of benzene rings is 1. The van der Waals surface area contributed by atoms with Gasteiger partial charge >= 0.3 is 0 Å². The number of aryl methyl sites for hydroxylation is 1. The monoisotopic (exact) mass is 315 g/mol. The van der Waals surface area contributed by atoms with Crippen molar-refractivity contribution >= 4 is 16.8 Å². The van der Waals surface area contributed by atoms with Crippen molar-refractivity contribution in [2.75, 3.05) is 32.7 Å². The van der Waals surface area contributed by atoms with E-state index >= 15 is 0 Å². The summed E-state index contributed by atoms with van der Waals surface area (Å²) >= 11 is 0. The molecular formula is C18H25N3O2. The van der Waals surface area contributed by atoms with E-state index in [0.29, 0.717) is 25.3 Å². The number of aromatic nitrogens is 1. The Kier molecular flexibility index (Phi) is 4.17. The van der Waals surface area contributed by atoms with Gasteiger partial charge in [-0.05, 0) is 39.0 Å². The minimum Gasteiger partial charge on any atom is -0.389 e. The molecule has 3 rings (SSSR count). The predicted octanol–water partition coefficient (Wildman–Crippen LogP) is 2.01. The van der Waals surface area contributed by atoms with E-state index in [1.54, 1.807) is 0 Å². The van der Waals surface area contributed by atoms with Gasteiger partial charge in [0.05, 0.1) is 5.60 Å². The van der Waals surface area contributed by atoms with E-state index in [0.717, 1.165) is 24.0 Å². The van der Waals surface area contributed by atoms with Crippen LogP contribution in [0.25, 0.3) is 10.9 Å². The number of H-pyrrole nitrogens is 1. The first-order valence-electron chi connectivity index (χ1n) is 8.15. The molecule has 1 fully saturated rings. The molecule has 0 radical (unpaired) electrons. The number of amides is 1. The standard InChI is InChI=1S/C18H25N3O2/c1-13-4-5-15-14(10-13)11-16(19-15)17(22)21-8-6-20(7-9-21)12-18(2,3)23/h4-5,10-11,19,23H,6-9,12H2,1-3H3. The average molecular weight is 315 g/mol. The zero-order chi connectivity index (χ0) is 16.6. The number of carbonyl (C=O) groups excluding carboxylic acids is 1. The van der Waals surface area contributed by atoms with Gasteiger partial charge in [0, 0.05) is 43.6 Å². The Balaban J connectivity index is 1.66. The van der Waals surface area contributed by atoms with Crippen LogP contribution in [0.3, 0.4) is 0 Å². The molecule has 124 valence electrons. The molecule has 1 saturated heterocycles. The molecule has 0 atom stereocenters. The highest BCUT2D eigenvalue weighted by atomic mass is 16.3. The number of nitrogens with one attached hydrogen (secondary N) is 1. The summed E-state index contributed by atoms with van der Waals surface area (Å²) in [6, 6.07) is 8.09. The summed E-state index contributed by atoms with van der Waals surface area (Å²) in [7, 11) is 0. The SMILES string of the molecule is Cc1ccc2[nH]c(C(=O)N3CCN(CC(C)(C)O)CC3)cc2c1. The van der Waals surface area contributed by atoms with Gasteiger partial charge in [0.1, 0.15) is 5.69 Å². The van der Waals surface area contributed by atoms with Crippen molar-refractivity contribution in [3.63, 3.8) is 0 Å². The Morgan fingerprint density at radius 3 is 2.57 bits per heavy atom. The zero-order valence-electron chi connectivity index (χ0n) is 14.1. The van der Waals surface area contributed by atoms with Gasteiger partial charge in [0.15, 0.2) is 0 Å². The molecule has 1 aromatic carbocycles. The molecule has 2 heterocycles. The van der Waals surface area contributed by atoms with Crippen molar-refractivity contribution in [3.05, 3.63) is 35.5 Å². The van der Waals surface area contributed by atoms with Crippen LogP contribution in [0, 0.1) is 6.92 Å². The smallest absolute Gasteiger partial charge is 0.270 e. The van der Waals surface area contributed by atoms with Gasteiger partial charge in [-0.1, -0.05) is 11.6 Å². The van der Waals surface area contributed by atoms with Gasteiger partial charge in [0.25, 0.3) is 5.91 Å². The summed E-state index contributed by atoms with van der Waals surface area (Å²) in [5, 5.41) is 11.0. The summed E-state index contributed by atoms with van der Waals surface area (Å²) in [6.45, 7) is 9.32. The lowest BCUT2D eigenvalue weighted by molar-refractivity contribution is 0.0177. The third-order valence-electron chi connectivity index (χ3n) is 4.28. The summed E-state index contributed by atoms with van der Waals surface area (Å²) in [4.78, 5) is 20.0. The molecule has 1 aliphatic rings.